The van der Waals surface area contributed by atoms with Gasteiger partial charge in [0.1, 0.15) is 39.9 Å². The van der Waals surface area contributed by atoms with E-state index in [-0.39, 0.29) is 51.2 Å². The number of esters is 1. The van der Waals surface area contributed by atoms with E-state index < -0.39 is 23.4 Å². The number of rotatable bonds is 6. The van der Waals surface area contributed by atoms with Gasteiger partial charge in [0, 0.05) is 40.6 Å². The highest BCUT2D eigenvalue weighted by Gasteiger charge is 2.34. The van der Waals surface area contributed by atoms with Crippen LogP contribution in [0.4, 0.5) is 0 Å². The van der Waals surface area contributed by atoms with Crippen LogP contribution in [0.25, 0.3) is 38.4 Å². The number of carbonyl (C=O) groups is 1. The molecule has 1 aromatic heterocycles. The first-order valence-corrected chi connectivity index (χ1v) is 13.2. The smallest absolute Gasteiger partial charge is 0.341 e. The number of fused-ring (bicyclic) bond motifs is 3. The van der Waals surface area contributed by atoms with Gasteiger partial charge in [-0.3, -0.25) is 4.79 Å². The number of phenols is 3. The molecule has 4 aromatic carbocycles. The zero-order valence-corrected chi connectivity index (χ0v) is 23.3. The highest BCUT2D eigenvalue weighted by Crippen LogP contribution is 2.49. The summed E-state index contributed by atoms with van der Waals surface area (Å²) in [5.74, 6) is -0.426. The quantitative estimate of drug-likeness (QED) is 0.160. The van der Waals surface area contributed by atoms with Gasteiger partial charge < -0.3 is 39.1 Å². The summed E-state index contributed by atoms with van der Waals surface area (Å²) in [7, 11) is 2.90. The summed E-state index contributed by atoms with van der Waals surface area (Å²) in [5, 5.41) is 43.6. The van der Waals surface area contributed by atoms with Crippen molar-refractivity contribution in [2.45, 2.75) is 19.6 Å². The van der Waals surface area contributed by atoms with E-state index >= 15 is 0 Å². The molecule has 0 radical (unpaired) electrons. The lowest BCUT2D eigenvalue weighted by Crippen LogP contribution is -2.11. The van der Waals surface area contributed by atoms with E-state index in [1.807, 2.05) is 0 Å². The van der Waals surface area contributed by atoms with Gasteiger partial charge in [-0.1, -0.05) is 18.2 Å². The summed E-state index contributed by atoms with van der Waals surface area (Å²) >= 11 is 0. The van der Waals surface area contributed by atoms with Gasteiger partial charge in [0.25, 0.3) is 0 Å². The molecule has 1 aliphatic heterocycles. The predicted octanol–water partition coefficient (Wildman–Crippen LogP) is 4.93. The van der Waals surface area contributed by atoms with E-state index in [1.54, 1.807) is 31.2 Å². The minimum Gasteiger partial charge on any atom is -0.508 e. The summed E-state index contributed by atoms with van der Waals surface area (Å²) in [5.41, 5.74) is 1.11. The molecule has 10 nitrogen and oxygen atoms in total. The number of aromatic hydroxyl groups is 3. The van der Waals surface area contributed by atoms with Crippen LogP contribution >= 0.6 is 0 Å². The highest BCUT2D eigenvalue weighted by atomic mass is 16.6. The van der Waals surface area contributed by atoms with Gasteiger partial charge >= 0.3 is 5.97 Å². The van der Waals surface area contributed by atoms with Crippen molar-refractivity contribution in [2.24, 2.45) is 0 Å². The van der Waals surface area contributed by atoms with Crippen LogP contribution in [-0.4, -0.2) is 46.9 Å². The highest BCUT2D eigenvalue weighted by molar-refractivity contribution is 6.21. The van der Waals surface area contributed by atoms with E-state index in [2.05, 4.69) is 0 Å². The molecule has 1 atom stereocenters. The first-order valence-electron chi connectivity index (χ1n) is 13.2. The van der Waals surface area contributed by atoms with Gasteiger partial charge in [-0.2, -0.15) is 0 Å². The third-order valence-electron chi connectivity index (χ3n) is 7.50. The van der Waals surface area contributed by atoms with E-state index in [0.717, 1.165) is 0 Å². The van der Waals surface area contributed by atoms with Crippen molar-refractivity contribution in [3.05, 3.63) is 93.3 Å². The fraction of sp³-hybridized carbons (Fsp3) is 0.152. The molecule has 10 heteroatoms. The zero-order chi connectivity index (χ0) is 30.6. The van der Waals surface area contributed by atoms with Gasteiger partial charge in [-0.05, 0) is 48.4 Å². The molecule has 0 saturated carbocycles. The van der Waals surface area contributed by atoms with Gasteiger partial charge in [0.05, 0.1) is 25.2 Å². The maximum Gasteiger partial charge on any atom is 0.341 e. The van der Waals surface area contributed by atoms with Crippen molar-refractivity contribution in [3.8, 4) is 39.9 Å². The standard InChI is InChI=1S/C33H26O10/c1-15-10-24(36)29-30(37)27(21-13-19(40-2)14-25(41-3)28(21)31(29)42-15)20-12-17(6-9-23(20)35)26-22(32(38)43-33(26)39)11-16-4-7-18(34)8-5-16/h4-10,12-14,32,34-35,37-38H,11H2,1-3H3. The van der Waals surface area contributed by atoms with Crippen LogP contribution in [0.3, 0.4) is 0 Å². The number of carbonyl (C=O) groups excluding carboxylic acids is 1. The Kier molecular flexibility index (Phi) is 6.70. The first-order chi connectivity index (χ1) is 20.6. The normalized spacial score (nSPS) is 14.9. The number of cyclic esters (lactones) is 1. The average Bonchev–Trinajstić information content (AvgIpc) is 3.25. The Bertz CT molecular complexity index is 2040. The van der Waals surface area contributed by atoms with Gasteiger partial charge in [0.2, 0.25) is 6.29 Å². The van der Waals surface area contributed by atoms with Crippen molar-refractivity contribution in [2.75, 3.05) is 14.2 Å². The fourth-order valence-corrected chi connectivity index (χ4v) is 5.53. The molecule has 2 heterocycles. The third kappa shape index (κ3) is 4.58. The average molecular weight is 583 g/mol. The number of hydrogen-bond acceptors (Lipinski definition) is 10. The lowest BCUT2D eigenvalue weighted by atomic mass is 9.90. The Morgan fingerprint density at radius 2 is 1.63 bits per heavy atom. The van der Waals surface area contributed by atoms with Crippen molar-refractivity contribution in [1.82, 2.24) is 0 Å². The molecule has 5 aromatic rings. The molecule has 0 aliphatic carbocycles. The largest absolute Gasteiger partial charge is 0.508 e. The summed E-state index contributed by atoms with van der Waals surface area (Å²) in [4.78, 5) is 26.2. The molecular formula is C33H26O10. The molecule has 1 unspecified atom stereocenters. The molecule has 4 N–H and O–H groups in total. The summed E-state index contributed by atoms with van der Waals surface area (Å²) in [6, 6.07) is 15.1. The van der Waals surface area contributed by atoms with Crippen LogP contribution < -0.4 is 14.9 Å². The Morgan fingerprint density at radius 3 is 2.33 bits per heavy atom. The minimum absolute atomic E-state index is 0.0697. The molecule has 0 bridgehead atoms. The van der Waals surface area contributed by atoms with E-state index in [1.165, 1.54) is 50.6 Å². The number of aliphatic hydroxyl groups is 1. The van der Waals surface area contributed by atoms with Gasteiger partial charge in [0.15, 0.2) is 11.0 Å². The van der Waals surface area contributed by atoms with Crippen molar-refractivity contribution in [1.29, 1.82) is 0 Å². The predicted molar refractivity (Wildman–Crippen MR) is 157 cm³/mol. The summed E-state index contributed by atoms with van der Waals surface area (Å²) in [6.45, 7) is 1.61. The molecular weight excluding hydrogens is 556 g/mol. The summed E-state index contributed by atoms with van der Waals surface area (Å²) in [6.07, 6.45) is -1.37. The zero-order valence-electron chi connectivity index (χ0n) is 23.3. The van der Waals surface area contributed by atoms with Crippen LogP contribution in [0, 0.1) is 6.92 Å². The Hall–Kier alpha value is -5.48. The first kappa shape index (κ1) is 27.7. The second-order valence-electron chi connectivity index (χ2n) is 10.1. The van der Waals surface area contributed by atoms with Crippen molar-refractivity contribution in [3.63, 3.8) is 0 Å². The Balaban J connectivity index is 1.66. The van der Waals surface area contributed by atoms with E-state index in [0.29, 0.717) is 39.2 Å². The number of methoxy groups -OCH3 is 2. The molecule has 43 heavy (non-hydrogen) atoms. The van der Waals surface area contributed by atoms with E-state index in [9.17, 15) is 30.0 Å². The maximum absolute atomic E-state index is 13.2. The van der Waals surface area contributed by atoms with Crippen LogP contribution in [-0.2, 0) is 16.0 Å². The topological polar surface area (TPSA) is 156 Å². The van der Waals surface area contributed by atoms with Crippen LogP contribution in [0.15, 0.2) is 75.4 Å². The maximum atomic E-state index is 13.2. The molecule has 0 fully saturated rings. The van der Waals surface area contributed by atoms with Crippen molar-refractivity contribution >= 4 is 33.3 Å². The third-order valence-corrected chi connectivity index (χ3v) is 7.50. The molecule has 218 valence electrons. The van der Waals surface area contributed by atoms with Gasteiger partial charge in [-0.25, -0.2) is 4.79 Å². The molecule has 0 saturated heterocycles. The monoisotopic (exact) mass is 582 g/mol. The summed E-state index contributed by atoms with van der Waals surface area (Å²) < 4.78 is 22.2. The Labute approximate surface area is 244 Å². The number of aliphatic hydroxyl groups excluding tert-OH is 1. The lowest BCUT2D eigenvalue weighted by Gasteiger charge is -2.18. The van der Waals surface area contributed by atoms with E-state index in [4.69, 9.17) is 18.6 Å². The second kappa shape index (κ2) is 10.4. The number of aryl methyl sites for hydroxylation is 1. The lowest BCUT2D eigenvalue weighted by molar-refractivity contribution is -0.150. The minimum atomic E-state index is -1.51. The Morgan fingerprint density at radius 1 is 0.884 bits per heavy atom. The molecule has 0 spiro atoms. The number of hydrogen-bond donors (Lipinski definition) is 4. The second-order valence-corrected chi connectivity index (χ2v) is 10.1. The number of ether oxygens (including phenoxy) is 3. The van der Waals surface area contributed by atoms with Gasteiger partial charge in [-0.15, -0.1) is 0 Å². The fourth-order valence-electron chi connectivity index (χ4n) is 5.53. The number of benzene rings is 4. The van der Waals surface area contributed by atoms with Crippen molar-refractivity contribution < 1.29 is 43.8 Å². The molecule has 1 aliphatic rings. The number of phenolic OH excluding ortho intramolecular Hbond substituents is 3. The molecule has 6 rings (SSSR count). The SMILES string of the molecule is COc1cc(OC)c2c(c1)c(-c1cc(C3=C(Cc4ccc(O)cc4)C(O)OC3=O)ccc1O)c(O)c1c(=O)cc(C)oc12. The molecule has 0 amide bonds. The van der Waals surface area contributed by atoms with Crippen LogP contribution in [0.2, 0.25) is 0 Å². The van der Waals surface area contributed by atoms with Crippen LogP contribution in [0.1, 0.15) is 16.9 Å². The van der Waals surface area contributed by atoms with Crippen LogP contribution in [0.5, 0.6) is 28.7 Å².